The van der Waals surface area contributed by atoms with Crippen molar-refractivity contribution < 1.29 is 9.53 Å². The molecule has 0 N–H and O–H groups in total. The Balaban J connectivity index is 2.28. The van der Waals surface area contributed by atoms with Crippen molar-refractivity contribution in [2.24, 2.45) is 0 Å². The molecule has 13 heavy (non-hydrogen) atoms. The minimum Gasteiger partial charge on any atom is -0.469 e. The molecule has 1 rings (SSSR count). The Morgan fingerprint density at radius 2 is 2.00 bits per heavy atom. The number of hydrogen-bond donors (Lipinski definition) is 1. The summed E-state index contributed by atoms with van der Waals surface area (Å²) in [6.45, 7) is 0. The van der Waals surface area contributed by atoms with E-state index in [1.807, 2.05) is 0 Å². The molecule has 0 heterocycles. The molecule has 0 atom stereocenters. The fourth-order valence-electron chi connectivity index (χ4n) is 1.90. The number of carbonyl (C=O) groups excluding carboxylic acids is 1. The first kappa shape index (κ1) is 10.9. The van der Waals surface area contributed by atoms with Crippen LogP contribution in [0, 0.1) is 0 Å². The SMILES string of the molecule is COC(=O)CCC1(S)CCCCC1. The molecule has 0 aromatic carbocycles. The van der Waals surface area contributed by atoms with Crippen LogP contribution in [0.4, 0.5) is 0 Å². The number of ether oxygens (including phenoxy) is 1. The summed E-state index contributed by atoms with van der Waals surface area (Å²) in [5.74, 6) is -0.112. The lowest BCUT2D eigenvalue weighted by Gasteiger charge is -2.32. The number of carbonyl (C=O) groups is 1. The van der Waals surface area contributed by atoms with Crippen LogP contribution in [0.25, 0.3) is 0 Å². The maximum absolute atomic E-state index is 10.9. The van der Waals surface area contributed by atoms with Crippen molar-refractivity contribution in [2.45, 2.75) is 49.7 Å². The smallest absolute Gasteiger partial charge is 0.305 e. The second kappa shape index (κ2) is 4.89. The highest BCUT2D eigenvalue weighted by Gasteiger charge is 2.28. The Hall–Kier alpha value is -0.180. The largest absolute Gasteiger partial charge is 0.469 e. The molecule has 0 amide bonds. The average molecular weight is 202 g/mol. The minimum absolute atomic E-state index is 0.104. The number of esters is 1. The summed E-state index contributed by atoms with van der Waals surface area (Å²) in [6.07, 6.45) is 7.50. The van der Waals surface area contributed by atoms with Crippen LogP contribution in [0.1, 0.15) is 44.9 Å². The van der Waals surface area contributed by atoms with E-state index in [1.165, 1.54) is 26.4 Å². The third-order valence-electron chi connectivity index (χ3n) is 2.81. The maximum Gasteiger partial charge on any atom is 0.305 e. The molecule has 0 saturated heterocycles. The summed E-state index contributed by atoms with van der Waals surface area (Å²) < 4.78 is 4.72. The molecule has 0 aromatic rings. The topological polar surface area (TPSA) is 26.3 Å². The average Bonchev–Trinajstić information content (AvgIpc) is 2.15. The first-order chi connectivity index (χ1) is 6.16. The highest BCUT2D eigenvalue weighted by atomic mass is 32.1. The molecule has 1 saturated carbocycles. The molecular weight excluding hydrogens is 184 g/mol. The monoisotopic (exact) mass is 202 g/mol. The summed E-state index contributed by atoms with van der Waals surface area (Å²) in [5.41, 5.74) is 0. The van der Waals surface area contributed by atoms with Crippen LogP contribution in [-0.2, 0) is 9.53 Å². The highest BCUT2D eigenvalue weighted by Crippen LogP contribution is 2.37. The molecule has 1 fully saturated rings. The van der Waals surface area contributed by atoms with E-state index in [0.717, 1.165) is 19.3 Å². The van der Waals surface area contributed by atoms with Crippen molar-refractivity contribution >= 4 is 18.6 Å². The van der Waals surface area contributed by atoms with Crippen LogP contribution in [-0.4, -0.2) is 17.8 Å². The number of thiol groups is 1. The molecule has 0 aromatic heterocycles. The van der Waals surface area contributed by atoms with Crippen LogP contribution in [0.2, 0.25) is 0 Å². The zero-order valence-corrected chi connectivity index (χ0v) is 9.11. The van der Waals surface area contributed by atoms with E-state index in [9.17, 15) is 4.79 Å². The Morgan fingerprint density at radius 3 is 2.54 bits per heavy atom. The molecule has 0 unspecified atom stereocenters. The molecule has 1 aliphatic carbocycles. The molecule has 0 bridgehead atoms. The van der Waals surface area contributed by atoms with Gasteiger partial charge < -0.3 is 4.74 Å². The van der Waals surface area contributed by atoms with Crippen LogP contribution in [0.3, 0.4) is 0 Å². The van der Waals surface area contributed by atoms with Crippen LogP contribution in [0.15, 0.2) is 0 Å². The number of hydrogen-bond acceptors (Lipinski definition) is 3. The maximum atomic E-state index is 10.9. The minimum atomic E-state index is -0.112. The molecule has 0 aliphatic heterocycles. The number of methoxy groups -OCH3 is 1. The van der Waals surface area contributed by atoms with Gasteiger partial charge in [-0.05, 0) is 19.3 Å². The highest BCUT2D eigenvalue weighted by molar-refractivity contribution is 7.81. The van der Waals surface area contributed by atoms with Gasteiger partial charge in [-0.25, -0.2) is 0 Å². The van der Waals surface area contributed by atoms with Gasteiger partial charge in [-0.1, -0.05) is 19.3 Å². The van der Waals surface area contributed by atoms with Gasteiger partial charge in [0.25, 0.3) is 0 Å². The van der Waals surface area contributed by atoms with Crippen LogP contribution in [0.5, 0.6) is 0 Å². The fourth-order valence-corrected chi connectivity index (χ4v) is 2.32. The molecule has 1 aliphatic rings. The fraction of sp³-hybridized carbons (Fsp3) is 0.900. The normalized spacial score (nSPS) is 21.1. The summed E-state index contributed by atoms with van der Waals surface area (Å²) in [7, 11) is 1.44. The zero-order valence-electron chi connectivity index (χ0n) is 8.21. The van der Waals surface area contributed by atoms with Gasteiger partial charge in [0, 0.05) is 11.2 Å². The summed E-state index contributed by atoms with van der Waals surface area (Å²) in [5, 5.41) is 0. The van der Waals surface area contributed by atoms with Crippen LogP contribution < -0.4 is 0 Å². The second-order valence-corrected chi connectivity index (χ2v) is 4.81. The van der Waals surface area contributed by atoms with Gasteiger partial charge in [-0.2, -0.15) is 12.6 Å². The lowest BCUT2D eigenvalue weighted by Crippen LogP contribution is -2.25. The van der Waals surface area contributed by atoms with Crippen molar-refractivity contribution in [1.82, 2.24) is 0 Å². The summed E-state index contributed by atoms with van der Waals surface area (Å²) in [4.78, 5) is 10.9. The standard InChI is InChI=1S/C10H18O2S/c1-12-9(11)5-8-10(13)6-3-2-4-7-10/h13H,2-8H2,1H3. The van der Waals surface area contributed by atoms with Gasteiger partial charge >= 0.3 is 5.97 Å². The lowest BCUT2D eigenvalue weighted by atomic mass is 9.85. The van der Waals surface area contributed by atoms with Crippen molar-refractivity contribution in [1.29, 1.82) is 0 Å². The molecule has 0 radical (unpaired) electrons. The van der Waals surface area contributed by atoms with Gasteiger partial charge in [0.1, 0.15) is 0 Å². The van der Waals surface area contributed by atoms with E-state index < -0.39 is 0 Å². The Labute approximate surface area is 85.4 Å². The van der Waals surface area contributed by atoms with E-state index in [-0.39, 0.29) is 10.7 Å². The summed E-state index contributed by atoms with van der Waals surface area (Å²) in [6, 6.07) is 0. The third kappa shape index (κ3) is 3.59. The molecule has 3 heteroatoms. The Morgan fingerprint density at radius 1 is 1.38 bits per heavy atom. The van der Waals surface area contributed by atoms with E-state index >= 15 is 0 Å². The molecule has 0 spiro atoms. The predicted octanol–water partition coefficient (Wildman–Crippen LogP) is 2.57. The van der Waals surface area contributed by atoms with E-state index in [4.69, 9.17) is 0 Å². The first-order valence-corrected chi connectivity index (χ1v) is 5.40. The van der Waals surface area contributed by atoms with E-state index in [2.05, 4.69) is 17.4 Å². The third-order valence-corrected chi connectivity index (χ3v) is 3.48. The van der Waals surface area contributed by atoms with E-state index in [1.54, 1.807) is 0 Å². The lowest BCUT2D eigenvalue weighted by molar-refractivity contribution is -0.140. The van der Waals surface area contributed by atoms with Crippen molar-refractivity contribution in [2.75, 3.05) is 7.11 Å². The Kier molecular flexibility index (Phi) is 4.10. The summed E-state index contributed by atoms with van der Waals surface area (Å²) >= 11 is 4.66. The predicted molar refractivity (Wildman–Crippen MR) is 56.1 cm³/mol. The van der Waals surface area contributed by atoms with Gasteiger partial charge in [0.05, 0.1) is 7.11 Å². The molecular formula is C10H18O2S. The Bertz CT molecular complexity index is 174. The van der Waals surface area contributed by atoms with Gasteiger partial charge in [-0.15, -0.1) is 0 Å². The number of rotatable bonds is 3. The van der Waals surface area contributed by atoms with Crippen molar-refractivity contribution in [3.05, 3.63) is 0 Å². The molecule has 2 nitrogen and oxygen atoms in total. The van der Waals surface area contributed by atoms with Crippen LogP contribution >= 0.6 is 12.6 Å². The van der Waals surface area contributed by atoms with Gasteiger partial charge in [0.2, 0.25) is 0 Å². The second-order valence-electron chi connectivity index (χ2n) is 3.86. The van der Waals surface area contributed by atoms with Gasteiger partial charge in [0.15, 0.2) is 0 Å². The van der Waals surface area contributed by atoms with Crippen molar-refractivity contribution in [3.8, 4) is 0 Å². The van der Waals surface area contributed by atoms with E-state index in [0.29, 0.717) is 6.42 Å². The molecule has 76 valence electrons. The first-order valence-electron chi connectivity index (χ1n) is 4.95. The zero-order chi connectivity index (χ0) is 9.73. The van der Waals surface area contributed by atoms with Crippen molar-refractivity contribution in [3.63, 3.8) is 0 Å². The van der Waals surface area contributed by atoms with Gasteiger partial charge in [-0.3, -0.25) is 4.79 Å². The quantitative estimate of drug-likeness (QED) is 0.562.